The monoisotopic (exact) mass is 211 g/mol. The number of halogens is 1. The van der Waals surface area contributed by atoms with Crippen LogP contribution in [0.15, 0.2) is 23.3 Å². The SMILES string of the molecule is CC.O=c1[nH]c(Cl)nc2cnccc12. The zero-order valence-electron chi connectivity index (χ0n) is 7.91. The molecule has 0 amide bonds. The maximum atomic E-state index is 11.2. The normalized spacial score (nSPS) is 9.36. The third-order valence-corrected chi connectivity index (χ3v) is 1.66. The predicted molar refractivity (Wildman–Crippen MR) is 56.5 cm³/mol. The van der Waals surface area contributed by atoms with Gasteiger partial charge in [-0.15, -0.1) is 0 Å². The van der Waals surface area contributed by atoms with E-state index in [1.54, 1.807) is 6.07 Å². The minimum atomic E-state index is -0.243. The summed E-state index contributed by atoms with van der Waals surface area (Å²) in [4.78, 5) is 21.3. The maximum Gasteiger partial charge on any atom is 0.259 e. The average Bonchev–Trinajstić information content (AvgIpc) is 2.20. The van der Waals surface area contributed by atoms with Gasteiger partial charge in [-0.2, -0.15) is 0 Å². The van der Waals surface area contributed by atoms with Crippen molar-refractivity contribution in [3.8, 4) is 0 Å². The summed E-state index contributed by atoms with van der Waals surface area (Å²) in [6, 6.07) is 1.59. The highest BCUT2D eigenvalue weighted by Crippen LogP contribution is 2.05. The molecule has 14 heavy (non-hydrogen) atoms. The topological polar surface area (TPSA) is 58.6 Å². The van der Waals surface area contributed by atoms with E-state index in [0.29, 0.717) is 10.9 Å². The van der Waals surface area contributed by atoms with Crippen molar-refractivity contribution in [1.82, 2.24) is 15.0 Å². The van der Waals surface area contributed by atoms with Gasteiger partial charge in [-0.05, 0) is 17.7 Å². The van der Waals surface area contributed by atoms with E-state index in [-0.39, 0.29) is 10.8 Å². The quantitative estimate of drug-likeness (QED) is 0.678. The van der Waals surface area contributed by atoms with Crippen LogP contribution in [0.1, 0.15) is 13.8 Å². The maximum absolute atomic E-state index is 11.2. The van der Waals surface area contributed by atoms with Crippen LogP contribution in [0.5, 0.6) is 0 Å². The lowest BCUT2D eigenvalue weighted by Crippen LogP contribution is -2.07. The molecule has 0 aliphatic carbocycles. The lowest BCUT2D eigenvalue weighted by Gasteiger charge is -1.94. The molecule has 0 fully saturated rings. The molecule has 0 spiro atoms. The number of rotatable bonds is 0. The molecule has 0 aliphatic heterocycles. The molecule has 74 valence electrons. The second kappa shape index (κ2) is 4.72. The highest BCUT2D eigenvalue weighted by molar-refractivity contribution is 6.28. The van der Waals surface area contributed by atoms with Gasteiger partial charge < -0.3 is 0 Å². The second-order valence-corrected chi connectivity index (χ2v) is 2.61. The van der Waals surface area contributed by atoms with E-state index >= 15 is 0 Å². The van der Waals surface area contributed by atoms with Crippen LogP contribution in [0, 0.1) is 0 Å². The van der Waals surface area contributed by atoms with Crippen molar-refractivity contribution in [1.29, 1.82) is 0 Å². The lowest BCUT2D eigenvalue weighted by molar-refractivity contribution is 1.16. The zero-order valence-corrected chi connectivity index (χ0v) is 8.67. The lowest BCUT2D eigenvalue weighted by atomic mass is 10.3. The van der Waals surface area contributed by atoms with Crippen molar-refractivity contribution < 1.29 is 0 Å². The van der Waals surface area contributed by atoms with Gasteiger partial charge >= 0.3 is 0 Å². The average molecular weight is 212 g/mol. The highest BCUT2D eigenvalue weighted by Gasteiger charge is 1.99. The molecule has 4 nitrogen and oxygen atoms in total. The van der Waals surface area contributed by atoms with E-state index in [1.807, 2.05) is 13.8 Å². The van der Waals surface area contributed by atoms with Gasteiger partial charge in [0.1, 0.15) is 0 Å². The van der Waals surface area contributed by atoms with Gasteiger partial charge in [-0.25, -0.2) is 4.98 Å². The molecular weight excluding hydrogens is 202 g/mol. The number of aromatic nitrogens is 3. The Labute approximate surface area is 86.0 Å². The van der Waals surface area contributed by atoms with Crippen molar-refractivity contribution in [2.24, 2.45) is 0 Å². The van der Waals surface area contributed by atoms with Crippen molar-refractivity contribution >= 4 is 22.5 Å². The van der Waals surface area contributed by atoms with Crippen molar-refractivity contribution in [2.45, 2.75) is 13.8 Å². The van der Waals surface area contributed by atoms with E-state index in [2.05, 4.69) is 15.0 Å². The second-order valence-electron chi connectivity index (χ2n) is 2.25. The van der Waals surface area contributed by atoms with Gasteiger partial charge in [0, 0.05) is 6.20 Å². The van der Waals surface area contributed by atoms with Gasteiger partial charge in [0.2, 0.25) is 5.28 Å². The molecule has 0 radical (unpaired) electrons. The summed E-state index contributed by atoms with van der Waals surface area (Å²) in [5.74, 6) is 0. The van der Waals surface area contributed by atoms with E-state index in [9.17, 15) is 4.79 Å². The van der Waals surface area contributed by atoms with Gasteiger partial charge in [0.05, 0.1) is 17.1 Å². The van der Waals surface area contributed by atoms with Crippen LogP contribution >= 0.6 is 11.6 Å². The summed E-state index contributed by atoms with van der Waals surface area (Å²) in [6.07, 6.45) is 3.03. The summed E-state index contributed by atoms with van der Waals surface area (Å²) < 4.78 is 0. The van der Waals surface area contributed by atoms with E-state index in [0.717, 1.165) is 0 Å². The van der Waals surface area contributed by atoms with Crippen molar-refractivity contribution in [3.05, 3.63) is 34.1 Å². The molecule has 0 saturated heterocycles. The van der Waals surface area contributed by atoms with Crippen LogP contribution in [0.4, 0.5) is 0 Å². The minimum absolute atomic E-state index is 0.0838. The molecule has 2 rings (SSSR count). The fourth-order valence-corrected chi connectivity index (χ4v) is 1.14. The molecule has 0 aromatic carbocycles. The molecule has 2 aromatic rings. The van der Waals surface area contributed by atoms with Crippen LogP contribution in [-0.2, 0) is 0 Å². The molecule has 0 saturated carbocycles. The summed E-state index contributed by atoms with van der Waals surface area (Å²) in [7, 11) is 0. The number of H-pyrrole nitrogens is 1. The Morgan fingerprint density at radius 2 is 2.14 bits per heavy atom. The van der Waals surface area contributed by atoms with Crippen molar-refractivity contribution in [2.75, 3.05) is 0 Å². The highest BCUT2D eigenvalue weighted by atomic mass is 35.5. The summed E-state index contributed by atoms with van der Waals surface area (Å²) in [5, 5.41) is 0.579. The molecule has 2 heterocycles. The summed E-state index contributed by atoms with van der Waals surface area (Å²) >= 11 is 5.53. The molecule has 2 aromatic heterocycles. The molecule has 0 bridgehead atoms. The number of nitrogens with one attached hydrogen (secondary N) is 1. The van der Waals surface area contributed by atoms with Gasteiger partial charge in [-0.3, -0.25) is 14.8 Å². The number of hydrogen-bond donors (Lipinski definition) is 1. The molecule has 0 aliphatic rings. The van der Waals surface area contributed by atoms with Crippen LogP contribution in [0.3, 0.4) is 0 Å². The number of nitrogens with zero attached hydrogens (tertiary/aromatic N) is 2. The Balaban J connectivity index is 0.000000461. The number of hydrogen-bond acceptors (Lipinski definition) is 3. The fraction of sp³-hybridized carbons (Fsp3) is 0.222. The van der Waals surface area contributed by atoms with Crippen LogP contribution in [-0.4, -0.2) is 15.0 Å². The smallest absolute Gasteiger partial charge is 0.259 e. The van der Waals surface area contributed by atoms with E-state index < -0.39 is 0 Å². The van der Waals surface area contributed by atoms with Crippen LogP contribution in [0.25, 0.3) is 10.9 Å². The first-order valence-electron chi connectivity index (χ1n) is 4.27. The minimum Gasteiger partial charge on any atom is -0.297 e. The molecule has 1 N–H and O–H groups in total. The Hall–Kier alpha value is -1.42. The molecule has 5 heteroatoms. The third-order valence-electron chi connectivity index (χ3n) is 1.48. The van der Waals surface area contributed by atoms with Gasteiger partial charge in [-0.1, -0.05) is 13.8 Å². The molecule has 0 unspecified atom stereocenters. The van der Waals surface area contributed by atoms with Crippen LogP contribution < -0.4 is 5.56 Å². The van der Waals surface area contributed by atoms with Crippen LogP contribution in [0.2, 0.25) is 5.28 Å². The fourth-order valence-electron chi connectivity index (χ4n) is 0.962. The molecular formula is C9H10ClN3O. The largest absolute Gasteiger partial charge is 0.297 e. The number of fused-ring (bicyclic) bond motifs is 1. The zero-order chi connectivity index (χ0) is 10.6. The van der Waals surface area contributed by atoms with Crippen molar-refractivity contribution in [3.63, 3.8) is 0 Å². The summed E-state index contributed by atoms with van der Waals surface area (Å²) in [6.45, 7) is 4.00. The Kier molecular flexibility index (Phi) is 3.59. The Bertz CT molecular complexity index is 481. The molecule has 0 atom stereocenters. The summed E-state index contributed by atoms with van der Waals surface area (Å²) in [5.41, 5.74) is 0.263. The van der Waals surface area contributed by atoms with E-state index in [4.69, 9.17) is 11.6 Å². The first kappa shape index (κ1) is 10.7. The standard InChI is InChI=1S/C7H4ClN3O.C2H6/c8-7-10-5-3-9-2-1-4(5)6(12)11-7;1-2/h1-3H,(H,10,11,12);1-2H3. The van der Waals surface area contributed by atoms with Gasteiger partial charge in [0.15, 0.2) is 0 Å². The Morgan fingerprint density at radius 1 is 1.43 bits per heavy atom. The predicted octanol–water partition coefficient (Wildman–Crippen LogP) is 2.00. The third kappa shape index (κ3) is 2.09. The first-order valence-corrected chi connectivity index (χ1v) is 4.65. The Morgan fingerprint density at radius 3 is 2.86 bits per heavy atom. The number of aromatic amines is 1. The number of pyridine rings is 1. The first-order chi connectivity index (χ1) is 6.77. The van der Waals surface area contributed by atoms with Gasteiger partial charge in [0.25, 0.3) is 5.56 Å². The van der Waals surface area contributed by atoms with E-state index in [1.165, 1.54) is 12.4 Å².